The molecule has 29 heavy (non-hydrogen) atoms. The zero-order valence-corrected chi connectivity index (χ0v) is 17.5. The number of anilines is 1. The van der Waals surface area contributed by atoms with E-state index in [4.69, 9.17) is 21.7 Å². The highest BCUT2D eigenvalue weighted by Gasteiger charge is 2.08. The van der Waals surface area contributed by atoms with Crippen LogP contribution in [0.2, 0.25) is 0 Å². The Labute approximate surface area is 175 Å². The first kappa shape index (κ1) is 21.9. The number of carbonyl (C=O) groups excluding carboxylic acids is 2. The van der Waals surface area contributed by atoms with Crippen molar-refractivity contribution in [2.75, 3.05) is 33.6 Å². The lowest BCUT2D eigenvalue weighted by Gasteiger charge is -2.11. The van der Waals surface area contributed by atoms with E-state index in [1.54, 1.807) is 76.9 Å². The summed E-state index contributed by atoms with van der Waals surface area (Å²) < 4.78 is 10.4. The fourth-order valence-corrected chi connectivity index (χ4v) is 2.62. The lowest BCUT2D eigenvalue weighted by atomic mass is 10.2. The van der Waals surface area contributed by atoms with Crippen LogP contribution in [0.15, 0.2) is 48.5 Å². The van der Waals surface area contributed by atoms with Gasteiger partial charge in [0.1, 0.15) is 0 Å². The summed E-state index contributed by atoms with van der Waals surface area (Å²) in [6, 6.07) is 12.1. The van der Waals surface area contributed by atoms with Gasteiger partial charge in [0.25, 0.3) is 5.91 Å². The van der Waals surface area contributed by atoms with E-state index in [0.717, 1.165) is 5.56 Å². The highest BCUT2D eigenvalue weighted by Crippen LogP contribution is 2.27. The summed E-state index contributed by atoms with van der Waals surface area (Å²) in [6.45, 7) is 0. The van der Waals surface area contributed by atoms with E-state index >= 15 is 0 Å². The molecule has 0 spiro atoms. The molecule has 0 aromatic heterocycles. The van der Waals surface area contributed by atoms with E-state index in [0.29, 0.717) is 22.7 Å². The highest BCUT2D eigenvalue weighted by atomic mass is 32.1. The Morgan fingerprint density at radius 1 is 1.00 bits per heavy atom. The molecule has 2 aromatic carbocycles. The van der Waals surface area contributed by atoms with Gasteiger partial charge in [-0.3, -0.25) is 14.9 Å². The molecule has 152 valence electrons. The predicted octanol–water partition coefficient (Wildman–Crippen LogP) is 2.93. The molecule has 0 bridgehead atoms. The van der Waals surface area contributed by atoms with Gasteiger partial charge in [-0.05, 0) is 60.3 Å². The van der Waals surface area contributed by atoms with Gasteiger partial charge < -0.3 is 19.7 Å². The molecule has 0 aliphatic rings. The summed E-state index contributed by atoms with van der Waals surface area (Å²) >= 11 is 5.15. The van der Waals surface area contributed by atoms with Gasteiger partial charge in [0.2, 0.25) is 5.91 Å². The van der Waals surface area contributed by atoms with E-state index in [1.807, 2.05) is 0 Å². The van der Waals surface area contributed by atoms with Gasteiger partial charge in [-0.2, -0.15) is 0 Å². The fourth-order valence-electron chi connectivity index (χ4n) is 2.40. The molecule has 8 heteroatoms. The molecule has 0 saturated carbocycles. The van der Waals surface area contributed by atoms with Gasteiger partial charge >= 0.3 is 0 Å². The van der Waals surface area contributed by atoms with E-state index in [2.05, 4.69) is 10.6 Å². The third-order valence-electron chi connectivity index (χ3n) is 3.87. The van der Waals surface area contributed by atoms with E-state index in [1.165, 1.54) is 11.0 Å². The van der Waals surface area contributed by atoms with Crippen LogP contribution in [-0.2, 0) is 4.79 Å². The number of nitrogens with zero attached hydrogens (tertiary/aromatic N) is 1. The lowest BCUT2D eigenvalue weighted by molar-refractivity contribution is -0.115. The molecule has 0 fully saturated rings. The van der Waals surface area contributed by atoms with Crippen molar-refractivity contribution < 1.29 is 19.1 Å². The summed E-state index contributed by atoms with van der Waals surface area (Å²) in [4.78, 5) is 25.5. The van der Waals surface area contributed by atoms with Crippen molar-refractivity contribution in [3.05, 3.63) is 59.7 Å². The molecule has 0 heterocycles. The second kappa shape index (κ2) is 10.2. The second-order valence-corrected chi connectivity index (χ2v) is 6.58. The first-order valence-corrected chi connectivity index (χ1v) is 9.08. The Balaban J connectivity index is 1.93. The van der Waals surface area contributed by atoms with Crippen LogP contribution in [0.1, 0.15) is 15.9 Å². The first-order chi connectivity index (χ1) is 13.8. The second-order valence-electron chi connectivity index (χ2n) is 6.17. The molecule has 2 rings (SSSR count). The number of carbonyl (C=O) groups is 2. The average Bonchev–Trinajstić information content (AvgIpc) is 2.71. The number of rotatable bonds is 6. The van der Waals surface area contributed by atoms with Crippen molar-refractivity contribution in [3.63, 3.8) is 0 Å². The topological polar surface area (TPSA) is 79.9 Å². The molecule has 0 unspecified atom stereocenters. The zero-order chi connectivity index (χ0) is 21.4. The number of ether oxygens (including phenoxy) is 2. The minimum atomic E-state index is -0.378. The Hall–Kier alpha value is -3.39. The number of benzene rings is 2. The zero-order valence-electron chi connectivity index (χ0n) is 16.7. The van der Waals surface area contributed by atoms with Crippen LogP contribution in [0.5, 0.6) is 11.5 Å². The van der Waals surface area contributed by atoms with Crippen LogP contribution in [0.25, 0.3) is 6.08 Å². The molecule has 0 aliphatic carbocycles. The Morgan fingerprint density at radius 2 is 1.66 bits per heavy atom. The molecule has 7 nitrogen and oxygen atoms in total. The highest BCUT2D eigenvalue weighted by molar-refractivity contribution is 7.80. The van der Waals surface area contributed by atoms with Gasteiger partial charge in [0.15, 0.2) is 16.6 Å². The maximum atomic E-state index is 12.1. The van der Waals surface area contributed by atoms with Crippen molar-refractivity contribution in [1.82, 2.24) is 10.2 Å². The van der Waals surface area contributed by atoms with Crippen molar-refractivity contribution in [3.8, 4) is 11.5 Å². The van der Waals surface area contributed by atoms with E-state index in [9.17, 15) is 9.59 Å². The third kappa shape index (κ3) is 6.32. The number of amides is 2. The summed E-state index contributed by atoms with van der Waals surface area (Å²) in [7, 11) is 6.48. The summed E-state index contributed by atoms with van der Waals surface area (Å²) in [5, 5.41) is 5.62. The van der Waals surface area contributed by atoms with Crippen LogP contribution in [0.4, 0.5) is 5.69 Å². The molecule has 0 radical (unpaired) electrons. The quantitative estimate of drug-likeness (QED) is 0.560. The minimum absolute atomic E-state index is 0.0901. The fraction of sp³-hybridized carbons (Fsp3) is 0.190. The maximum absolute atomic E-state index is 12.1. The predicted molar refractivity (Wildman–Crippen MR) is 117 cm³/mol. The molecule has 2 N–H and O–H groups in total. The monoisotopic (exact) mass is 413 g/mol. The number of thiocarbonyl (C=S) groups is 1. The minimum Gasteiger partial charge on any atom is -0.493 e. The molecular formula is C21H23N3O4S. The molecule has 0 saturated heterocycles. The van der Waals surface area contributed by atoms with Crippen molar-refractivity contribution >= 4 is 40.9 Å². The Morgan fingerprint density at radius 3 is 2.24 bits per heavy atom. The Bertz CT molecular complexity index is 924. The van der Waals surface area contributed by atoms with Crippen LogP contribution in [-0.4, -0.2) is 50.1 Å². The number of methoxy groups -OCH3 is 2. The van der Waals surface area contributed by atoms with Gasteiger partial charge in [-0.1, -0.05) is 6.07 Å². The molecule has 0 atom stereocenters. The van der Waals surface area contributed by atoms with E-state index < -0.39 is 0 Å². The van der Waals surface area contributed by atoms with Gasteiger partial charge in [-0.25, -0.2) is 0 Å². The van der Waals surface area contributed by atoms with Crippen molar-refractivity contribution in [2.45, 2.75) is 0 Å². The smallest absolute Gasteiger partial charge is 0.253 e. The van der Waals surface area contributed by atoms with Crippen LogP contribution in [0, 0.1) is 0 Å². The van der Waals surface area contributed by atoms with Gasteiger partial charge in [0, 0.05) is 31.4 Å². The Kier molecular flexibility index (Phi) is 7.73. The normalized spacial score (nSPS) is 10.3. The summed E-state index contributed by atoms with van der Waals surface area (Å²) in [5.74, 6) is 0.714. The summed E-state index contributed by atoms with van der Waals surface area (Å²) in [6.07, 6.45) is 3.01. The van der Waals surface area contributed by atoms with Gasteiger partial charge in [-0.15, -0.1) is 0 Å². The third-order valence-corrected chi connectivity index (χ3v) is 4.07. The number of hydrogen-bond acceptors (Lipinski definition) is 5. The van der Waals surface area contributed by atoms with Crippen LogP contribution < -0.4 is 20.1 Å². The first-order valence-electron chi connectivity index (χ1n) is 8.68. The lowest BCUT2D eigenvalue weighted by Crippen LogP contribution is -2.32. The van der Waals surface area contributed by atoms with Crippen molar-refractivity contribution in [2.24, 2.45) is 0 Å². The van der Waals surface area contributed by atoms with Crippen molar-refractivity contribution in [1.29, 1.82) is 0 Å². The average molecular weight is 413 g/mol. The number of hydrogen-bond donors (Lipinski definition) is 2. The van der Waals surface area contributed by atoms with E-state index in [-0.39, 0.29) is 16.9 Å². The van der Waals surface area contributed by atoms with Crippen LogP contribution in [0.3, 0.4) is 0 Å². The standard InChI is InChI=1S/C21H23N3O4S/c1-24(2)20(26)15-7-9-16(10-8-15)22-21(29)23-19(25)12-6-14-5-11-17(27-3)18(13-14)28-4/h5-13H,1-4H3,(H2,22,23,25,29)/b12-6+. The molecule has 0 aliphatic heterocycles. The van der Waals surface area contributed by atoms with Crippen LogP contribution >= 0.6 is 12.2 Å². The SMILES string of the molecule is COc1ccc(/C=C/C(=O)NC(=S)Nc2ccc(C(=O)N(C)C)cc2)cc1OC. The number of nitrogens with one attached hydrogen (secondary N) is 2. The molecule has 2 aromatic rings. The molecule has 2 amide bonds. The largest absolute Gasteiger partial charge is 0.493 e. The summed E-state index contributed by atoms with van der Waals surface area (Å²) in [5.41, 5.74) is 2.00. The molecular weight excluding hydrogens is 390 g/mol. The maximum Gasteiger partial charge on any atom is 0.253 e. The van der Waals surface area contributed by atoms with Gasteiger partial charge in [0.05, 0.1) is 14.2 Å².